The number of benzene rings is 2. The number of ether oxygens (including phenoxy) is 1. The average molecular weight is 393 g/mol. The third-order valence-corrected chi connectivity index (χ3v) is 5.32. The first kappa shape index (κ1) is 20.9. The fourth-order valence-corrected chi connectivity index (χ4v) is 3.26. The van der Waals surface area contributed by atoms with Gasteiger partial charge in [-0.3, -0.25) is 4.79 Å². The van der Waals surface area contributed by atoms with Crippen LogP contribution in [0.5, 0.6) is 5.75 Å². The molecule has 0 heterocycles. The van der Waals surface area contributed by atoms with Crippen molar-refractivity contribution in [2.45, 2.75) is 43.7 Å². The number of amides is 1. The van der Waals surface area contributed by atoms with E-state index in [2.05, 4.69) is 5.32 Å². The lowest BCUT2D eigenvalue weighted by atomic mass is 10.0. The molecule has 2 unspecified atom stereocenters. The lowest BCUT2D eigenvalue weighted by Crippen LogP contribution is -2.39. The van der Waals surface area contributed by atoms with E-state index >= 15 is 0 Å². The maximum absolute atomic E-state index is 13.0. The van der Waals surface area contributed by atoms with Crippen LogP contribution in [0.3, 0.4) is 0 Å². The second-order valence-corrected chi connectivity index (χ2v) is 8.30. The molecule has 0 aliphatic carbocycles. The summed E-state index contributed by atoms with van der Waals surface area (Å²) in [7, 11) is -3.26. The summed E-state index contributed by atoms with van der Waals surface area (Å²) in [6.45, 7) is 3.76. The van der Waals surface area contributed by atoms with Gasteiger partial charge in [0.2, 0.25) is 0 Å². The van der Waals surface area contributed by atoms with Gasteiger partial charge < -0.3 is 10.1 Å². The van der Waals surface area contributed by atoms with E-state index in [0.717, 1.165) is 11.8 Å². The summed E-state index contributed by atoms with van der Waals surface area (Å²) in [5.41, 5.74) is 0.815. The number of carbonyl (C=O) groups is 1. The van der Waals surface area contributed by atoms with Crippen LogP contribution in [0.15, 0.2) is 53.4 Å². The molecule has 27 heavy (non-hydrogen) atoms. The first-order chi connectivity index (χ1) is 12.7. The van der Waals surface area contributed by atoms with Gasteiger partial charge in [-0.2, -0.15) is 0 Å². The monoisotopic (exact) mass is 393 g/mol. The van der Waals surface area contributed by atoms with Gasteiger partial charge >= 0.3 is 0 Å². The predicted molar refractivity (Wildman–Crippen MR) is 102 cm³/mol. The number of carbonyl (C=O) groups excluding carboxylic acids is 1. The highest BCUT2D eigenvalue weighted by Gasteiger charge is 2.22. The van der Waals surface area contributed by atoms with Crippen LogP contribution >= 0.6 is 0 Å². The fraction of sp³-hybridized carbons (Fsp3) is 0.350. The lowest BCUT2D eigenvalue weighted by Gasteiger charge is -2.22. The third kappa shape index (κ3) is 5.79. The van der Waals surface area contributed by atoms with Crippen LogP contribution in [-0.4, -0.2) is 26.7 Å². The van der Waals surface area contributed by atoms with Crippen molar-refractivity contribution in [3.63, 3.8) is 0 Å². The molecule has 0 spiro atoms. The molecular formula is C20H24FNO4S. The van der Waals surface area contributed by atoms with Crippen LogP contribution in [0.4, 0.5) is 4.39 Å². The van der Waals surface area contributed by atoms with Gasteiger partial charge in [-0.25, -0.2) is 12.8 Å². The van der Waals surface area contributed by atoms with Gasteiger partial charge in [0, 0.05) is 6.26 Å². The van der Waals surface area contributed by atoms with E-state index in [1.165, 1.54) is 36.4 Å². The van der Waals surface area contributed by atoms with Crippen molar-refractivity contribution in [2.75, 3.05) is 6.26 Å². The van der Waals surface area contributed by atoms with E-state index in [0.29, 0.717) is 18.6 Å². The Morgan fingerprint density at radius 3 is 2.11 bits per heavy atom. The van der Waals surface area contributed by atoms with E-state index in [9.17, 15) is 17.6 Å². The molecule has 1 amide bonds. The standard InChI is InChI=1S/C20H24FNO4S/c1-4-18(14-6-12-17(13-7-14)27(3,24)25)22-20(23)19(5-2)26-16-10-8-15(21)9-11-16/h6-13,18-19H,4-5H2,1-3H3,(H,22,23). The summed E-state index contributed by atoms with van der Waals surface area (Å²) >= 11 is 0. The highest BCUT2D eigenvalue weighted by Crippen LogP contribution is 2.20. The van der Waals surface area contributed by atoms with Crippen molar-refractivity contribution >= 4 is 15.7 Å². The Hall–Kier alpha value is -2.41. The molecule has 0 saturated heterocycles. The van der Waals surface area contributed by atoms with Crippen molar-refractivity contribution in [1.82, 2.24) is 5.32 Å². The van der Waals surface area contributed by atoms with E-state index < -0.39 is 15.9 Å². The summed E-state index contributed by atoms with van der Waals surface area (Å²) in [4.78, 5) is 12.8. The highest BCUT2D eigenvalue weighted by molar-refractivity contribution is 7.90. The van der Waals surface area contributed by atoms with Crippen LogP contribution in [0.2, 0.25) is 0 Å². The molecule has 0 aromatic heterocycles. The first-order valence-corrected chi connectivity index (χ1v) is 10.7. The van der Waals surface area contributed by atoms with E-state index in [1.54, 1.807) is 12.1 Å². The van der Waals surface area contributed by atoms with Gasteiger partial charge in [-0.05, 0) is 54.8 Å². The highest BCUT2D eigenvalue weighted by atomic mass is 32.2. The van der Waals surface area contributed by atoms with E-state index in [-0.39, 0.29) is 22.7 Å². The van der Waals surface area contributed by atoms with E-state index in [1.807, 2.05) is 13.8 Å². The summed E-state index contributed by atoms with van der Waals surface area (Å²) in [6, 6.07) is 11.7. The van der Waals surface area contributed by atoms with Gasteiger partial charge in [0.1, 0.15) is 11.6 Å². The van der Waals surface area contributed by atoms with Crippen LogP contribution in [0, 0.1) is 5.82 Å². The quantitative estimate of drug-likeness (QED) is 0.743. The summed E-state index contributed by atoms with van der Waals surface area (Å²) in [6.07, 6.45) is 1.53. The zero-order valence-corrected chi connectivity index (χ0v) is 16.4. The lowest BCUT2D eigenvalue weighted by molar-refractivity contribution is -0.128. The molecule has 0 bridgehead atoms. The van der Waals surface area contributed by atoms with Gasteiger partial charge in [-0.15, -0.1) is 0 Å². The van der Waals surface area contributed by atoms with Crippen molar-refractivity contribution in [2.24, 2.45) is 0 Å². The fourth-order valence-electron chi connectivity index (χ4n) is 2.63. The Labute approximate surface area is 159 Å². The van der Waals surface area contributed by atoms with Gasteiger partial charge in [0.05, 0.1) is 10.9 Å². The molecular weight excluding hydrogens is 369 g/mol. The summed E-state index contributed by atoms with van der Waals surface area (Å²) in [5, 5.41) is 2.94. The van der Waals surface area contributed by atoms with Crippen molar-refractivity contribution in [3.05, 3.63) is 59.9 Å². The van der Waals surface area contributed by atoms with Crippen molar-refractivity contribution < 1.29 is 22.3 Å². The molecule has 2 aromatic rings. The Balaban J connectivity index is 2.09. The van der Waals surface area contributed by atoms with Gasteiger partial charge in [-0.1, -0.05) is 26.0 Å². The van der Waals surface area contributed by atoms with Crippen LogP contribution in [0.1, 0.15) is 38.3 Å². The molecule has 5 nitrogen and oxygen atoms in total. The number of hydrogen-bond acceptors (Lipinski definition) is 4. The maximum atomic E-state index is 13.0. The van der Waals surface area contributed by atoms with Gasteiger partial charge in [0.15, 0.2) is 15.9 Å². The smallest absolute Gasteiger partial charge is 0.261 e. The minimum atomic E-state index is -3.26. The molecule has 146 valence electrons. The molecule has 1 N–H and O–H groups in total. The molecule has 0 fully saturated rings. The maximum Gasteiger partial charge on any atom is 0.261 e. The minimum Gasteiger partial charge on any atom is -0.481 e. The van der Waals surface area contributed by atoms with Crippen LogP contribution in [-0.2, 0) is 14.6 Å². The largest absolute Gasteiger partial charge is 0.481 e. The molecule has 0 aliphatic rings. The Morgan fingerprint density at radius 1 is 1.04 bits per heavy atom. The second kappa shape index (κ2) is 8.99. The van der Waals surface area contributed by atoms with Gasteiger partial charge in [0.25, 0.3) is 5.91 Å². The number of hydrogen-bond donors (Lipinski definition) is 1. The van der Waals surface area contributed by atoms with Crippen LogP contribution < -0.4 is 10.1 Å². The zero-order valence-electron chi connectivity index (χ0n) is 15.6. The number of sulfone groups is 1. The predicted octanol–water partition coefficient (Wildman–Crippen LogP) is 3.65. The normalized spacial score (nSPS) is 13.6. The summed E-state index contributed by atoms with van der Waals surface area (Å²) in [5.74, 6) is -0.228. The van der Waals surface area contributed by atoms with Crippen LogP contribution in [0.25, 0.3) is 0 Å². The van der Waals surface area contributed by atoms with Crippen molar-refractivity contribution in [1.29, 1.82) is 0 Å². The molecule has 2 rings (SSSR count). The second-order valence-electron chi connectivity index (χ2n) is 6.28. The molecule has 7 heteroatoms. The average Bonchev–Trinajstić information content (AvgIpc) is 2.64. The number of halogens is 1. The topological polar surface area (TPSA) is 72.5 Å². The molecule has 2 atom stereocenters. The summed E-state index contributed by atoms with van der Waals surface area (Å²) < 4.78 is 41.8. The van der Waals surface area contributed by atoms with E-state index in [4.69, 9.17) is 4.74 Å². The first-order valence-electron chi connectivity index (χ1n) is 8.77. The minimum absolute atomic E-state index is 0.235. The molecule has 0 aliphatic heterocycles. The Bertz CT molecular complexity index is 864. The SMILES string of the molecule is CCC(Oc1ccc(F)cc1)C(=O)NC(CC)c1ccc(S(C)(=O)=O)cc1. The number of rotatable bonds is 8. The molecule has 2 aromatic carbocycles. The van der Waals surface area contributed by atoms with Crippen molar-refractivity contribution in [3.8, 4) is 5.75 Å². The Kier molecular flexibility index (Phi) is 6.96. The third-order valence-electron chi connectivity index (χ3n) is 4.19. The Morgan fingerprint density at radius 2 is 1.63 bits per heavy atom. The zero-order chi connectivity index (χ0) is 20.0. The molecule has 0 radical (unpaired) electrons. The molecule has 0 saturated carbocycles. The number of nitrogens with one attached hydrogen (secondary N) is 1.